The number of H-pyrrole nitrogens is 1. The molecule has 2 aromatic heterocycles. The maximum atomic E-state index is 12.5. The van der Waals surface area contributed by atoms with E-state index in [9.17, 15) is 4.79 Å². The van der Waals surface area contributed by atoms with Crippen LogP contribution in [0.1, 0.15) is 79.4 Å². The zero-order valence-electron chi connectivity index (χ0n) is 23.0. The Balaban J connectivity index is 1.63. The molecule has 35 heavy (non-hydrogen) atoms. The second-order valence-corrected chi connectivity index (χ2v) is 12.1. The van der Waals surface area contributed by atoms with E-state index in [0.717, 1.165) is 22.5 Å². The molecule has 4 heterocycles. The highest BCUT2D eigenvalue weighted by atomic mass is 16.7. The molecule has 0 unspecified atom stereocenters. The molecule has 192 valence electrons. The zero-order chi connectivity index (χ0) is 25.9. The van der Waals surface area contributed by atoms with Gasteiger partial charge < -0.3 is 28.8 Å². The Kier molecular flexibility index (Phi) is 6.42. The lowest BCUT2D eigenvalue weighted by molar-refractivity contribution is 0.00578. The number of piperazine rings is 1. The first-order valence-corrected chi connectivity index (χ1v) is 12.7. The molecule has 1 amide bonds. The molecule has 0 aromatic carbocycles. The van der Waals surface area contributed by atoms with Gasteiger partial charge in [0, 0.05) is 42.7 Å². The molecular formula is C26H41BN4O4. The summed E-state index contributed by atoms with van der Waals surface area (Å²) in [6, 6.07) is 0. The lowest BCUT2D eigenvalue weighted by Gasteiger charge is -2.36. The molecule has 2 aliphatic heterocycles. The van der Waals surface area contributed by atoms with Gasteiger partial charge in [-0.15, -0.1) is 0 Å². The molecule has 0 spiro atoms. The average Bonchev–Trinajstić information content (AvgIpc) is 3.22. The van der Waals surface area contributed by atoms with Crippen molar-refractivity contribution in [2.75, 3.05) is 31.1 Å². The van der Waals surface area contributed by atoms with Gasteiger partial charge in [0.25, 0.3) is 0 Å². The number of hydrogen-bond donors (Lipinski definition) is 1. The molecule has 0 bridgehead atoms. The van der Waals surface area contributed by atoms with Crippen LogP contribution in [-0.2, 0) is 14.0 Å². The third-order valence-electron chi connectivity index (χ3n) is 7.42. The van der Waals surface area contributed by atoms with Crippen LogP contribution >= 0.6 is 0 Å². The predicted molar refractivity (Wildman–Crippen MR) is 141 cm³/mol. The van der Waals surface area contributed by atoms with E-state index in [2.05, 4.69) is 58.4 Å². The maximum Gasteiger partial charge on any atom is 0.512 e. The van der Waals surface area contributed by atoms with Crippen LogP contribution in [0.15, 0.2) is 6.20 Å². The van der Waals surface area contributed by atoms with E-state index in [1.807, 2.05) is 27.0 Å². The fourth-order valence-electron chi connectivity index (χ4n) is 4.88. The van der Waals surface area contributed by atoms with Crippen molar-refractivity contribution in [1.82, 2.24) is 14.9 Å². The first-order valence-electron chi connectivity index (χ1n) is 12.7. The Bertz CT molecular complexity index is 1090. The number of aryl methyl sites for hydroxylation is 1. The zero-order valence-corrected chi connectivity index (χ0v) is 23.0. The minimum absolute atomic E-state index is 0.253. The van der Waals surface area contributed by atoms with E-state index >= 15 is 0 Å². The summed E-state index contributed by atoms with van der Waals surface area (Å²) in [4.78, 5) is 24.9. The summed E-state index contributed by atoms with van der Waals surface area (Å²) in [7, 11) is -0.454. The molecule has 0 atom stereocenters. The van der Waals surface area contributed by atoms with Crippen molar-refractivity contribution in [2.24, 2.45) is 0 Å². The Morgan fingerprint density at radius 2 is 1.69 bits per heavy atom. The van der Waals surface area contributed by atoms with Crippen molar-refractivity contribution in [3.63, 3.8) is 0 Å². The Labute approximate surface area is 209 Å². The third kappa shape index (κ3) is 4.77. The molecule has 0 aliphatic carbocycles. The minimum Gasteiger partial charge on any atom is -0.444 e. The Morgan fingerprint density at radius 3 is 2.20 bits per heavy atom. The van der Waals surface area contributed by atoms with Gasteiger partial charge in [-0.3, -0.25) is 0 Å². The number of fused-ring (bicyclic) bond motifs is 1. The third-order valence-corrected chi connectivity index (χ3v) is 7.42. The van der Waals surface area contributed by atoms with Crippen LogP contribution in [0.4, 0.5) is 10.6 Å². The van der Waals surface area contributed by atoms with Crippen molar-refractivity contribution >= 4 is 35.5 Å². The van der Waals surface area contributed by atoms with Crippen LogP contribution in [0, 0.1) is 6.92 Å². The van der Waals surface area contributed by atoms with Crippen molar-refractivity contribution in [2.45, 2.75) is 92.0 Å². The quantitative estimate of drug-likeness (QED) is 0.653. The first kappa shape index (κ1) is 25.8. The molecule has 1 N–H and O–H groups in total. The van der Waals surface area contributed by atoms with Crippen molar-refractivity contribution in [1.29, 1.82) is 0 Å². The number of ether oxygens (including phenoxy) is 1. The second-order valence-electron chi connectivity index (χ2n) is 12.1. The fraction of sp³-hybridized carbons (Fsp3) is 0.692. The molecule has 4 rings (SSSR count). The van der Waals surface area contributed by atoms with Crippen LogP contribution in [0.2, 0.25) is 0 Å². The number of carbonyl (C=O) groups excluding carboxylic acids is 1. The number of anilines is 1. The number of rotatable bonds is 3. The highest BCUT2D eigenvalue weighted by molar-refractivity contribution is 6.62. The molecule has 8 nitrogen and oxygen atoms in total. The van der Waals surface area contributed by atoms with Crippen molar-refractivity contribution in [3.8, 4) is 0 Å². The number of carbonyl (C=O) groups is 1. The largest absolute Gasteiger partial charge is 0.512 e. The van der Waals surface area contributed by atoms with Crippen LogP contribution < -0.4 is 10.5 Å². The van der Waals surface area contributed by atoms with Gasteiger partial charge in [0.05, 0.1) is 22.9 Å². The van der Waals surface area contributed by atoms with Gasteiger partial charge in [0.15, 0.2) is 0 Å². The summed E-state index contributed by atoms with van der Waals surface area (Å²) in [5.74, 6) is 1.23. The lowest BCUT2D eigenvalue weighted by atomic mass is 9.78. The van der Waals surface area contributed by atoms with Crippen molar-refractivity contribution < 1.29 is 18.8 Å². The number of nitrogens with one attached hydrogen (secondary N) is 1. The lowest BCUT2D eigenvalue weighted by Crippen LogP contribution is -2.50. The molecule has 0 saturated carbocycles. The number of hydrogen-bond acceptors (Lipinski definition) is 6. The van der Waals surface area contributed by atoms with Gasteiger partial charge in [-0.05, 0) is 66.9 Å². The monoisotopic (exact) mass is 484 g/mol. The summed E-state index contributed by atoms with van der Waals surface area (Å²) < 4.78 is 18.3. The van der Waals surface area contributed by atoms with E-state index in [1.165, 1.54) is 10.9 Å². The second kappa shape index (κ2) is 8.70. The summed E-state index contributed by atoms with van der Waals surface area (Å²) in [5, 5.41) is 1.18. The summed E-state index contributed by atoms with van der Waals surface area (Å²) in [6.45, 7) is 23.2. The van der Waals surface area contributed by atoms with Crippen LogP contribution in [-0.4, -0.2) is 71.1 Å². The van der Waals surface area contributed by atoms with Gasteiger partial charge in [-0.2, -0.15) is 0 Å². The fourth-order valence-corrected chi connectivity index (χ4v) is 4.88. The van der Waals surface area contributed by atoms with Gasteiger partial charge >= 0.3 is 13.2 Å². The topological polar surface area (TPSA) is 79.9 Å². The van der Waals surface area contributed by atoms with Gasteiger partial charge in [-0.25, -0.2) is 9.78 Å². The SMILES string of the molecule is Cc1c(N2CCN(C(=O)OC(C)(C)C)CC2)ncc2[nH]c(B3OC(C)(C)C(C)(C)O3)c(C(C)C)c12. The average molecular weight is 484 g/mol. The standard InChI is InChI=1S/C26H41BN4O4/c1-16(2)19-20-17(3)22(30-11-13-31(14-12-30)23(32)33-24(4,5)6)28-15-18(20)29-21(19)27-34-25(7,8)26(9,10)35-27/h15-16,29H,11-14H2,1-10H3. The van der Waals surface area contributed by atoms with E-state index in [-0.39, 0.29) is 12.0 Å². The smallest absolute Gasteiger partial charge is 0.444 e. The molecule has 9 heteroatoms. The van der Waals surface area contributed by atoms with Crippen molar-refractivity contribution in [3.05, 3.63) is 17.3 Å². The first-order chi connectivity index (χ1) is 16.1. The number of amides is 1. The van der Waals surface area contributed by atoms with Crippen LogP contribution in [0.5, 0.6) is 0 Å². The van der Waals surface area contributed by atoms with Crippen LogP contribution in [0.25, 0.3) is 10.9 Å². The molecular weight excluding hydrogens is 443 g/mol. The minimum atomic E-state index is -0.492. The Morgan fingerprint density at radius 1 is 1.11 bits per heavy atom. The number of nitrogens with zero attached hydrogens (tertiary/aromatic N) is 3. The molecule has 2 saturated heterocycles. The van der Waals surface area contributed by atoms with E-state index < -0.39 is 23.9 Å². The number of aromatic amines is 1. The van der Waals surface area contributed by atoms with E-state index in [4.69, 9.17) is 19.0 Å². The molecule has 2 aromatic rings. The van der Waals surface area contributed by atoms with Gasteiger partial charge in [0.1, 0.15) is 11.4 Å². The molecule has 2 aliphatic rings. The van der Waals surface area contributed by atoms with Gasteiger partial charge in [-0.1, -0.05) is 13.8 Å². The summed E-state index contributed by atoms with van der Waals surface area (Å²) >= 11 is 0. The number of aromatic nitrogens is 2. The molecule has 0 radical (unpaired) electrons. The highest BCUT2D eigenvalue weighted by Gasteiger charge is 2.53. The maximum absolute atomic E-state index is 12.5. The summed E-state index contributed by atoms with van der Waals surface area (Å²) in [6.07, 6.45) is 1.66. The normalized spacial score (nSPS) is 20.3. The number of pyridine rings is 1. The van der Waals surface area contributed by atoms with Crippen LogP contribution in [0.3, 0.4) is 0 Å². The predicted octanol–water partition coefficient (Wildman–Crippen LogP) is 4.35. The van der Waals surface area contributed by atoms with E-state index in [0.29, 0.717) is 26.2 Å². The summed E-state index contributed by atoms with van der Waals surface area (Å²) in [5.41, 5.74) is 3.01. The Hall–Kier alpha value is -2.26. The highest BCUT2D eigenvalue weighted by Crippen LogP contribution is 2.39. The van der Waals surface area contributed by atoms with Gasteiger partial charge in [0.2, 0.25) is 0 Å². The molecule has 2 fully saturated rings. The van der Waals surface area contributed by atoms with E-state index in [1.54, 1.807) is 4.90 Å².